The number of hydrogen-bond donors (Lipinski definition) is 1. The Morgan fingerprint density at radius 3 is 2.80 bits per heavy atom. The lowest BCUT2D eigenvalue weighted by Gasteiger charge is -2.27. The average Bonchev–Trinajstić information content (AvgIpc) is 1.88. The molecule has 58 valence electrons. The number of nitrogens with one attached hydrogen (secondary N) is 1. The van der Waals surface area contributed by atoms with Gasteiger partial charge in [-0.3, -0.25) is 0 Å². The molecule has 1 fully saturated rings. The monoisotopic (exact) mass is 159 g/mol. The highest BCUT2D eigenvalue weighted by Crippen LogP contribution is 2.09. The third-order valence-electron chi connectivity index (χ3n) is 1.56. The molecule has 1 unspecified atom stereocenters. The number of ether oxygens (including phenoxy) is 1. The molecule has 1 saturated heterocycles. The van der Waals surface area contributed by atoms with Crippen LogP contribution in [0.3, 0.4) is 0 Å². The van der Waals surface area contributed by atoms with Crippen LogP contribution in [-0.4, -0.2) is 24.2 Å². The Morgan fingerprint density at radius 1 is 1.70 bits per heavy atom. The Labute approximate surface area is 66.9 Å². The molecule has 1 rings (SSSR count). The number of rotatable bonds is 1. The molecule has 1 aliphatic heterocycles. The van der Waals surface area contributed by atoms with Gasteiger partial charge in [0.05, 0.1) is 6.61 Å². The van der Waals surface area contributed by atoms with E-state index in [-0.39, 0.29) is 6.10 Å². The quantitative estimate of drug-likeness (QED) is 0.576. The fraction of sp³-hybridized carbons (Fsp3) is 0.857. The summed E-state index contributed by atoms with van der Waals surface area (Å²) in [7, 11) is 0. The SMILES string of the molecule is CC(C)C1OCCNC1=S. The Balaban J connectivity index is 2.48. The maximum absolute atomic E-state index is 5.45. The molecule has 1 N–H and O–H groups in total. The molecule has 0 bridgehead atoms. The summed E-state index contributed by atoms with van der Waals surface area (Å²) in [5.74, 6) is 0.486. The normalized spacial score (nSPS) is 26.7. The molecule has 0 spiro atoms. The molecule has 1 atom stereocenters. The summed E-state index contributed by atoms with van der Waals surface area (Å²) in [4.78, 5) is 0.862. The molecule has 3 heteroatoms. The van der Waals surface area contributed by atoms with E-state index < -0.39 is 0 Å². The van der Waals surface area contributed by atoms with E-state index in [0.717, 1.165) is 18.1 Å². The lowest BCUT2D eigenvalue weighted by Crippen LogP contribution is -2.45. The number of morpholine rings is 1. The van der Waals surface area contributed by atoms with Crippen LogP contribution in [0.15, 0.2) is 0 Å². The zero-order valence-corrected chi connectivity index (χ0v) is 7.20. The fourth-order valence-electron chi connectivity index (χ4n) is 1.03. The van der Waals surface area contributed by atoms with Gasteiger partial charge in [-0.05, 0) is 5.92 Å². The summed E-state index contributed by atoms with van der Waals surface area (Å²) >= 11 is 5.07. The third kappa shape index (κ3) is 1.67. The summed E-state index contributed by atoms with van der Waals surface area (Å²) in [5, 5.41) is 3.12. The summed E-state index contributed by atoms with van der Waals surface area (Å²) in [6.45, 7) is 5.87. The van der Waals surface area contributed by atoms with E-state index in [2.05, 4.69) is 19.2 Å². The highest BCUT2D eigenvalue weighted by Gasteiger charge is 2.21. The summed E-state index contributed by atoms with van der Waals surface area (Å²) in [5.41, 5.74) is 0. The predicted octanol–water partition coefficient (Wildman–Crippen LogP) is 0.958. The van der Waals surface area contributed by atoms with Gasteiger partial charge < -0.3 is 10.1 Å². The summed E-state index contributed by atoms with van der Waals surface area (Å²) < 4.78 is 5.45. The topological polar surface area (TPSA) is 21.3 Å². The highest BCUT2D eigenvalue weighted by molar-refractivity contribution is 7.80. The first-order valence-electron chi connectivity index (χ1n) is 3.61. The van der Waals surface area contributed by atoms with Crippen molar-refractivity contribution in [3.8, 4) is 0 Å². The molecule has 1 aliphatic rings. The van der Waals surface area contributed by atoms with E-state index in [1.54, 1.807) is 0 Å². The molecule has 0 aliphatic carbocycles. The van der Waals surface area contributed by atoms with Crippen LogP contribution >= 0.6 is 12.2 Å². The fourth-order valence-corrected chi connectivity index (χ4v) is 1.47. The van der Waals surface area contributed by atoms with Crippen LogP contribution in [0.2, 0.25) is 0 Å². The van der Waals surface area contributed by atoms with Gasteiger partial charge in [0.15, 0.2) is 0 Å². The molecular formula is C7H13NOS. The molecule has 2 nitrogen and oxygen atoms in total. The van der Waals surface area contributed by atoms with Crippen LogP contribution < -0.4 is 5.32 Å². The lowest BCUT2D eigenvalue weighted by atomic mass is 10.1. The highest BCUT2D eigenvalue weighted by atomic mass is 32.1. The van der Waals surface area contributed by atoms with E-state index >= 15 is 0 Å². The first kappa shape index (κ1) is 7.95. The van der Waals surface area contributed by atoms with Crippen molar-refractivity contribution in [2.75, 3.05) is 13.2 Å². The molecule has 1 heterocycles. The van der Waals surface area contributed by atoms with E-state index in [9.17, 15) is 0 Å². The van der Waals surface area contributed by atoms with Gasteiger partial charge in [-0.15, -0.1) is 0 Å². The lowest BCUT2D eigenvalue weighted by molar-refractivity contribution is 0.0579. The molecular weight excluding hydrogens is 146 g/mol. The Kier molecular flexibility index (Phi) is 2.63. The standard InChI is InChI=1S/C7H13NOS/c1-5(2)6-7(10)8-3-4-9-6/h5-6H,3-4H2,1-2H3,(H,8,10). The van der Waals surface area contributed by atoms with Crippen LogP contribution in [0.1, 0.15) is 13.8 Å². The van der Waals surface area contributed by atoms with Gasteiger partial charge in [0.25, 0.3) is 0 Å². The molecule has 0 aromatic heterocycles. The maximum atomic E-state index is 5.45. The maximum Gasteiger partial charge on any atom is 0.110 e. The van der Waals surface area contributed by atoms with Gasteiger partial charge >= 0.3 is 0 Å². The number of hydrogen-bond acceptors (Lipinski definition) is 2. The van der Waals surface area contributed by atoms with Crippen LogP contribution in [0.4, 0.5) is 0 Å². The minimum Gasteiger partial charge on any atom is -0.375 e. The third-order valence-corrected chi connectivity index (χ3v) is 1.94. The van der Waals surface area contributed by atoms with Crippen molar-refractivity contribution in [2.24, 2.45) is 5.92 Å². The first-order valence-corrected chi connectivity index (χ1v) is 4.02. The van der Waals surface area contributed by atoms with Crippen molar-refractivity contribution >= 4 is 17.2 Å². The zero-order chi connectivity index (χ0) is 7.56. The van der Waals surface area contributed by atoms with E-state index in [1.165, 1.54) is 0 Å². The molecule has 0 amide bonds. The van der Waals surface area contributed by atoms with Crippen LogP contribution in [-0.2, 0) is 4.74 Å². The van der Waals surface area contributed by atoms with Crippen LogP contribution in [0, 0.1) is 5.92 Å². The first-order chi connectivity index (χ1) is 4.72. The zero-order valence-electron chi connectivity index (χ0n) is 6.39. The second kappa shape index (κ2) is 3.30. The van der Waals surface area contributed by atoms with Crippen molar-refractivity contribution in [2.45, 2.75) is 20.0 Å². The largest absolute Gasteiger partial charge is 0.375 e. The second-order valence-corrected chi connectivity index (χ2v) is 3.27. The minimum absolute atomic E-state index is 0.142. The molecule has 0 aromatic rings. The number of thiocarbonyl (C=S) groups is 1. The van der Waals surface area contributed by atoms with Crippen molar-refractivity contribution in [1.82, 2.24) is 5.32 Å². The minimum atomic E-state index is 0.142. The van der Waals surface area contributed by atoms with E-state index in [0.29, 0.717) is 5.92 Å². The molecule has 0 aromatic carbocycles. The second-order valence-electron chi connectivity index (χ2n) is 2.83. The van der Waals surface area contributed by atoms with Gasteiger partial charge in [-0.1, -0.05) is 26.1 Å². The van der Waals surface area contributed by atoms with Gasteiger partial charge in [-0.25, -0.2) is 0 Å². The molecule has 10 heavy (non-hydrogen) atoms. The predicted molar refractivity (Wildman–Crippen MR) is 45.2 cm³/mol. The van der Waals surface area contributed by atoms with E-state index in [1.807, 2.05) is 0 Å². The Bertz CT molecular complexity index is 136. The Hall–Kier alpha value is -0.150. The van der Waals surface area contributed by atoms with Gasteiger partial charge in [0, 0.05) is 6.54 Å². The van der Waals surface area contributed by atoms with Crippen molar-refractivity contribution in [1.29, 1.82) is 0 Å². The summed E-state index contributed by atoms with van der Waals surface area (Å²) in [6.07, 6.45) is 0.142. The van der Waals surface area contributed by atoms with Crippen molar-refractivity contribution in [3.63, 3.8) is 0 Å². The smallest absolute Gasteiger partial charge is 0.110 e. The van der Waals surface area contributed by atoms with Crippen molar-refractivity contribution < 1.29 is 4.74 Å². The summed E-state index contributed by atoms with van der Waals surface area (Å²) in [6, 6.07) is 0. The molecule has 0 radical (unpaired) electrons. The van der Waals surface area contributed by atoms with Crippen LogP contribution in [0.25, 0.3) is 0 Å². The Morgan fingerprint density at radius 2 is 2.40 bits per heavy atom. The van der Waals surface area contributed by atoms with E-state index in [4.69, 9.17) is 17.0 Å². The average molecular weight is 159 g/mol. The van der Waals surface area contributed by atoms with Crippen LogP contribution in [0.5, 0.6) is 0 Å². The van der Waals surface area contributed by atoms with Gasteiger partial charge in [-0.2, -0.15) is 0 Å². The van der Waals surface area contributed by atoms with Gasteiger partial charge in [0.1, 0.15) is 11.1 Å². The van der Waals surface area contributed by atoms with Gasteiger partial charge in [0.2, 0.25) is 0 Å². The van der Waals surface area contributed by atoms with Crippen molar-refractivity contribution in [3.05, 3.63) is 0 Å². The molecule has 0 saturated carbocycles.